The Morgan fingerprint density at radius 2 is 2.42 bits per heavy atom. The van der Waals surface area contributed by atoms with E-state index >= 15 is 0 Å². The Hall–Kier alpha value is -2.25. The third kappa shape index (κ3) is 4.62. The first kappa shape index (κ1) is 16.6. The van der Waals surface area contributed by atoms with Crippen molar-refractivity contribution in [2.24, 2.45) is 0 Å². The maximum Gasteiger partial charge on any atom is 0.248 e. The number of nitrogens with one attached hydrogen (secondary N) is 2. The van der Waals surface area contributed by atoms with Gasteiger partial charge < -0.3 is 15.4 Å². The Kier molecular flexibility index (Phi) is 5.55. The summed E-state index contributed by atoms with van der Waals surface area (Å²) in [5.74, 6) is -0.739. The van der Waals surface area contributed by atoms with Crippen molar-refractivity contribution in [1.29, 1.82) is 0 Å². The molecule has 1 aliphatic heterocycles. The molecule has 2 aromatic rings. The van der Waals surface area contributed by atoms with Crippen molar-refractivity contribution in [3.63, 3.8) is 0 Å². The molecule has 1 amide bonds. The molecule has 0 spiro atoms. The molecular formula is C17H18FN3O2S. The van der Waals surface area contributed by atoms with Gasteiger partial charge in [0.25, 0.3) is 0 Å². The highest BCUT2D eigenvalue weighted by Crippen LogP contribution is 2.20. The highest BCUT2D eigenvalue weighted by Gasteiger charge is 2.15. The van der Waals surface area contributed by atoms with E-state index in [0.29, 0.717) is 17.9 Å². The predicted molar refractivity (Wildman–Crippen MR) is 93.6 cm³/mol. The fourth-order valence-corrected chi connectivity index (χ4v) is 2.94. The van der Waals surface area contributed by atoms with Gasteiger partial charge in [-0.3, -0.25) is 4.79 Å². The number of nitrogens with zero attached hydrogens (tertiary/aromatic N) is 1. The smallest absolute Gasteiger partial charge is 0.248 e. The average molecular weight is 347 g/mol. The van der Waals surface area contributed by atoms with Crippen molar-refractivity contribution in [3.8, 4) is 0 Å². The summed E-state index contributed by atoms with van der Waals surface area (Å²) < 4.78 is 19.6. The lowest BCUT2D eigenvalue weighted by Gasteiger charge is -2.13. The van der Waals surface area contributed by atoms with E-state index in [-0.39, 0.29) is 12.0 Å². The standard InChI is InChI=1S/C17H18FN3O2S/c18-15-8-12(21-17(22)6-4-13-10-24-11-20-13)3-5-16(15)19-9-14-2-1-7-23-14/h3-6,8,10-11,14,19H,1-2,7,9H2,(H,21,22)/b6-4+/t14-/m0/s1. The summed E-state index contributed by atoms with van der Waals surface area (Å²) in [5, 5.41) is 7.50. The van der Waals surface area contributed by atoms with Crippen molar-refractivity contribution in [3.05, 3.63) is 46.7 Å². The number of ether oxygens (including phenoxy) is 1. The first-order valence-electron chi connectivity index (χ1n) is 7.73. The molecule has 2 heterocycles. The fraction of sp³-hybridized carbons (Fsp3) is 0.294. The number of rotatable bonds is 6. The summed E-state index contributed by atoms with van der Waals surface area (Å²) in [7, 11) is 0. The summed E-state index contributed by atoms with van der Waals surface area (Å²) in [5.41, 5.74) is 3.22. The van der Waals surface area contributed by atoms with E-state index in [0.717, 1.165) is 25.1 Å². The Bertz CT molecular complexity index is 713. The zero-order chi connectivity index (χ0) is 16.8. The van der Waals surface area contributed by atoms with Gasteiger partial charge in [-0.25, -0.2) is 9.37 Å². The summed E-state index contributed by atoms with van der Waals surface area (Å²) in [6.45, 7) is 1.35. The molecular weight excluding hydrogens is 329 g/mol. The van der Waals surface area contributed by atoms with Crippen LogP contribution in [-0.4, -0.2) is 30.1 Å². The van der Waals surface area contributed by atoms with Gasteiger partial charge in [0.15, 0.2) is 0 Å². The molecule has 0 radical (unpaired) electrons. The van der Waals surface area contributed by atoms with E-state index in [1.165, 1.54) is 23.5 Å². The number of aromatic nitrogens is 1. The van der Waals surface area contributed by atoms with Crippen LogP contribution in [0.1, 0.15) is 18.5 Å². The van der Waals surface area contributed by atoms with Crippen LogP contribution in [-0.2, 0) is 9.53 Å². The third-order valence-electron chi connectivity index (χ3n) is 3.64. The summed E-state index contributed by atoms with van der Waals surface area (Å²) in [6, 6.07) is 4.58. The van der Waals surface area contributed by atoms with Gasteiger partial charge in [0.05, 0.1) is 23.0 Å². The quantitative estimate of drug-likeness (QED) is 0.785. The lowest BCUT2D eigenvalue weighted by atomic mass is 10.2. The van der Waals surface area contributed by atoms with Crippen LogP contribution in [0.25, 0.3) is 6.08 Å². The number of hydrogen-bond acceptors (Lipinski definition) is 5. The van der Waals surface area contributed by atoms with E-state index in [1.807, 2.05) is 5.38 Å². The highest BCUT2D eigenvalue weighted by atomic mass is 32.1. The summed E-state index contributed by atoms with van der Waals surface area (Å²) >= 11 is 1.45. The Morgan fingerprint density at radius 1 is 1.50 bits per heavy atom. The van der Waals surface area contributed by atoms with Gasteiger partial charge in [0, 0.05) is 30.3 Å². The summed E-state index contributed by atoms with van der Waals surface area (Å²) in [6.07, 6.45) is 5.16. The normalized spacial score (nSPS) is 17.3. The van der Waals surface area contributed by atoms with E-state index < -0.39 is 5.82 Å². The summed E-state index contributed by atoms with van der Waals surface area (Å²) in [4.78, 5) is 15.9. The minimum absolute atomic E-state index is 0.139. The molecule has 1 aromatic heterocycles. The number of halogens is 1. The van der Waals surface area contributed by atoms with Crippen LogP contribution >= 0.6 is 11.3 Å². The zero-order valence-electron chi connectivity index (χ0n) is 13.0. The Labute approximate surface area is 143 Å². The zero-order valence-corrected chi connectivity index (χ0v) is 13.8. The van der Waals surface area contributed by atoms with Crippen molar-refractivity contribution < 1.29 is 13.9 Å². The molecule has 1 aromatic carbocycles. The average Bonchev–Trinajstić information content (AvgIpc) is 3.26. The number of benzene rings is 1. The van der Waals surface area contributed by atoms with Gasteiger partial charge in [-0.05, 0) is 37.1 Å². The van der Waals surface area contributed by atoms with Gasteiger partial charge in [0.2, 0.25) is 5.91 Å². The van der Waals surface area contributed by atoms with Crippen molar-refractivity contribution in [1.82, 2.24) is 4.98 Å². The fourth-order valence-electron chi connectivity index (χ4n) is 2.41. The number of anilines is 2. The van der Waals surface area contributed by atoms with Crippen LogP contribution in [0.15, 0.2) is 35.2 Å². The van der Waals surface area contributed by atoms with Crippen LogP contribution in [0.4, 0.5) is 15.8 Å². The third-order valence-corrected chi connectivity index (χ3v) is 4.24. The van der Waals surface area contributed by atoms with Gasteiger partial charge in [-0.1, -0.05) is 0 Å². The van der Waals surface area contributed by atoms with E-state index in [4.69, 9.17) is 4.74 Å². The van der Waals surface area contributed by atoms with Gasteiger partial charge in [0.1, 0.15) is 5.82 Å². The minimum Gasteiger partial charge on any atom is -0.380 e. The molecule has 0 unspecified atom stereocenters. The highest BCUT2D eigenvalue weighted by molar-refractivity contribution is 7.07. The lowest BCUT2D eigenvalue weighted by molar-refractivity contribution is -0.111. The first-order valence-corrected chi connectivity index (χ1v) is 8.67. The topological polar surface area (TPSA) is 63.2 Å². The van der Waals surface area contributed by atoms with E-state index in [2.05, 4.69) is 15.6 Å². The number of carbonyl (C=O) groups excluding carboxylic acids is 1. The largest absolute Gasteiger partial charge is 0.380 e. The van der Waals surface area contributed by atoms with Crippen LogP contribution in [0.2, 0.25) is 0 Å². The number of hydrogen-bond donors (Lipinski definition) is 2. The van der Waals surface area contributed by atoms with Gasteiger partial charge in [-0.15, -0.1) is 11.3 Å². The molecule has 3 rings (SSSR count). The van der Waals surface area contributed by atoms with Crippen LogP contribution in [0.3, 0.4) is 0 Å². The molecule has 2 N–H and O–H groups in total. The number of thiazole rings is 1. The van der Waals surface area contributed by atoms with E-state index in [9.17, 15) is 9.18 Å². The first-order chi connectivity index (χ1) is 11.7. The molecule has 1 atom stereocenters. The molecule has 0 saturated carbocycles. The number of amides is 1. The second-order valence-corrected chi connectivity index (χ2v) is 6.17. The molecule has 1 aliphatic rings. The van der Waals surface area contributed by atoms with Gasteiger partial charge in [-0.2, -0.15) is 0 Å². The maximum absolute atomic E-state index is 14.1. The van der Waals surface area contributed by atoms with Crippen molar-refractivity contribution in [2.75, 3.05) is 23.8 Å². The number of carbonyl (C=O) groups is 1. The molecule has 5 nitrogen and oxygen atoms in total. The Morgan fingerprint density at radius 3 is 3.12 bits per heavy atom. The molecule has 1 saturated heterocycles. The molecule has 0 aliphatic carbocycles. The van der Waals surface area contributed by atoms with Crippen LogP contribution in [0, 0.1) is 5.82 Å². The van der Waals surface area contributed by atoms with Crippen molar-refractivity contribution >= 4 is 34.7 Å². The second kappa shape index (κ2) is 8.03. The van der Waals surface area contributed by atoms with Crippen molar-refractivity contribution in [2.45, 2.75) is 18.9 Å². The molecule has 24 heavy (non-hydrogen) atoms. The van der Waals surface area contributed by atoms with E-state index in [1.54, 1.807) is 23.7 Å². The monoisotopic (exact) mass is 347 g/mol. The van der Waals surface area contributed by atoms with Gasteiger partial charge >= 0.3 is 0 Å². The molecule has 0 bridgehead atoms. The SMILES string of the molecule is O=C(/C=C/c1cscn1)Nc1ccc(NC[C@@H]2CCCO2)c(F)c1. The predicted octanol–water partition coefficient (Wildman–Crippen LogP) is 3.53. The Balaban J connectivity index is 1.54. The molecule has 1 fully saturated rings. The van der Waals surface area contributed by atoms with Crippen LogP contribution < -0.4 is 10.6 Å². The van der Waals surface area contributed by atoms with Crippen LogP contribution in [0.5, 0.6) is 0 Å². The lowest BCUT2D eigenvalue weighted by Crippen LogP contribution is -2.19. The molecule has 126 valence electrons. The minimum atomic E-state index is -0.408. The second-order valence-electron chi connectivity index (χ2n) is 5.45. The maximum atomic E-state index is 14.1. The molecule has 7 heteroatoms.